The number of rotatable bonds is 5. The predicted molar refractivity (Wildman–Crippen MR) is 70.7 cm³/mol. The summed E-state index contributed by atoms with van der Waals surface area (Å²) in [6, 6.07) is 0.530. The number of nitrogens with two attached hydrogens (primary N) is 1. The third-order valence-corrected chi connectivity index (χ3v) is 3.83. The third kappa shape index (κ3) is 3.42. The molecule has 1 aliphatic rings. The summed E-state index contributed by atoms with van der Waals surface area (Å²) in [5, 5.41) is 0. The lowest BCUT2D eigenvalue weighted by Crippen LogP contribution is -2.47. The number of hydrogen-bond donors (Lipinski definition) is 1. The van der Waals surface area contributed by atoms with Crippen molar-refractivity contribution in [2.75, 3.05) is 33.2 Å². The Morgan fingerprint density at radius 1 is 1.53 bits per heavy atom. The van der Waals surface area contributed by atoms with E-state index in [1.165, 1.54) is 19.4 Å². The summed E-state index contributed by atoms with van der Waals surface area (Å²) in [4.78, 5) is 16.5. The van der Waals surface area contributed by atoms with Crippen molar-refractivity contribution in [3.8, 4) is 0 Å². The van der Waals surface area contributed by atoms with E-state index in [4.69, 9.17) is 5.73 Å². The van der Waals surface area contributed by atoms with Crippen LogP contribution in [0, 0.1) is 5.41 Å². The molecule has 1 aliphatic heterocycles. The minimum Gasteiger partial charge on any atom is -0.344 e. The van der Waals surface area contributed by atoms with Crippen LogP contribution in [-0.4, -0.2) is 55.0 Å². The number of nitrogens with zero attached hydrogens (tertiary/aromatic N) is 2. The van der Waals surface area contributed by atoms with E-state index in [1.54, 1.807) is 0 Å². The van der Waals surface area contributed by atoms with Crippen LogP contribution >= 0.6 is 0 Å². The summed E-state index contributed by atoms with van der Waals surface area (Å²) in [7, 11) is 1.89. The molecule has 100 valence electrons. The molecule has 17 heavy (non-hydrogen) atoms. The molecule has 1 unspecified atom stereocenters. The van der Waals surface area contributed by atoms with Gasteiger partial charge >= 0.3 is 0 Å². The fourth-order valence-corrected chi connectivity index (χ4v) is 2.52. The van der Waals surface area contributed by atoms with E-state index in [-0.39, 0.29) is 5.91 Å². The van der Waals surface area contributed by atoms with Gasteiger partial charge in [-0.2, -0.15) is 0 Å². The van der Waals surface area contributed by atoms with Gasteiger partial charge in [0, 0.05) is 26.2 Å². The fourth-order valence-electron chi connectivity index (χ4n) is 2.52. The SMILES string of the molecule is CCN1CCCC1CN(C)C(=O)C(C)(C)CN. The molecule has 0 aromatic rings. The van der Waals surface area contributed by atoms with E-state index < -0.39 is 5.41 Å². The molecule has 1 saturated heterocycles. The first-order valence-electron chi connectivity index (χ1n) is 6.62. The monoisotopic (exact) mass is 241 g/mol. The van der Waals surface area contributed by atoms with Gasteiger partial charge in [0.15, 0.2) is 0 Å². The molecule has 1 atom stereocenters. The van der Waals surface area contributed by atoms with Crippen LogP contribution < -0.4 is 5.73 Å². The molecule has 0 bridgehead atoms. The van der Waals surface area contributed by atoms with Crippen LogP contribution in [0.5, 0.6) is 0 Å². The van der Waals surface area contributed by atoms with Crippen molar-refractivity contribution in [2.45, 2.75) is 39.7 Å². The first kappa shape index (κ1) is 14.5. The highest BCUT2D eigenvalue weighted by Crippen LogP contribution is 2.20. The molecule has 0 aromatic heterocycles. The maximum Gasteiger partial charge on any atom is 0.229 e. The van der Waals surface area contributed by atoms with Crippen molar-refractivity contribution >= 4 is 5.91 Å². The second-order valence-corrected chi connectivity index (χ2v) is 5.70. The fraction of sp³-hybridized carbons (Fsp3) is 0.923. The minimum absolute atomic E-state index is 0.156. The average molecular weight is 241 g/mol. The molecule has 4 nitrogen and oxygen atoms in total. The van der Waals surface area contributed by atoms with Crippen molar-refractivity contribution in [2.24, 2.45) is 11.1 Å². The maximum absolute atomic E-state index is 12.2. The van der Waals surface area contributed by atoms with Crippen LogP contribution in [0.4, 0.5) is 0 Å². The molecule has 0 radical (unpaired) electrons. The maximum atomic E-state index is 12.2. The summed E-state index contributed by atoms with van der Waals surface area (Å²) in [6.45, 7) is 9.49. The molecule has 4 heteroatoms. The third-order valence-electron chi connectivity index (χ3n) is 3.83. The van der Waals surface area contributed by atoms with Crippen molar-refractivity contribution in [1.29, 1.82) is 0 Å². The minimum atomic E-state index is -0.440. The lowest BCUT2D eigenvalue weighted by atomic mass is 9.92. The Morgan fingerprint density at radius 3 is 2.71 bits per heavy atom. The molecule has 0 aliphatic carbocycles. The number of likely N-dealkylation sites (tertiary alicyclic amines) is 1. The van der Waals surface area contributed by atoms with E-state index in [0.29, 0.717) is 12.6 Å². The smallest absolute Gasteiger partial charge is 0.229 e. The van der Waals surface area contributed by atoms with Gasteiger partial charge in [-0.3, -0.25) is 9.69 Å². The highest BCUT2D eigenvalue weighted by molar-refractivity contribution is 5.82. The van der Waals surface area contributed by atoms with Gasteiger partial charge in [0.05, 0.1) is 5.41 Å². The molecule has 0 saturated carbocycles. The number of likely N-dealkylation sites (N-methyl/N-ethyl adjacent to an activating group) is 2. The zero-order chi connectivity index (χ0) is 13.1. The van der Waals surface area contributed by atoms with Crippen molar-refractivity contribution in [3.05, 3.63) is 0 Å². The molecule has 1 fully saturated rings. The molecular weight excluding hydrogens is 214 g/mol. The second-order valence-electron chi connectivity index (χ2n) is 5.70. The largest absolute Gasteiger partial charge is 0.344 e. The molecule has 1 amide bonds. The van der Waals surface area contributed by atoms with Gasteiger partial charge < -0.3 is 10.6 Å². The molecule has 1 heterocycles. The quantitative estimate of drug-likeness (QED) is 0.778. The summed E-state index contributed by atoms with van der Waals surface area (Å²) >= 11 is 0. The van der Waals surface area contributed by atoms with Crippen molar-refractivity contribution < 1.29 is 4.79 Å². The lowest BCUT2D eigenvalue weighted by molar-refractivity contribution is -0.139. The van der Waals surface area contributed by atoms with Gasteiger partial charge in [-0.1, -0.05) is 6.92 Å². The predicted octanol–water partition coefficient (Wildman–Crippen LogP) is 0.914. The molecule has 1 rings (SSSR count). The van der Waals surface area contributed by atoms with Gasteiger partial charge in [-0.25, -0.2) is 0 Å². The number of carbonyl (C=O) groups is 1. The van der Waals surface area contributed by atoms with Crippen LogP contribution in [0.15, 0.2) is 0 Å². The first-order chi connectivity index (χ1) is 7.92. The second kappa shape index (κ2) is 5.83. The van der Waals surface area contributed by atoms with Crippen LogP contribution in [0.1, 0.15) is 33.6 Å². The molecule has 2 N–H and O–H groups in total. The zero-order valence-corrected chi connectivity index (χ0v) is 11.7. The van der Waals surface area contributed by atoms with Gasteiger partial charge in [-0.15, -0.1) is 0 Å². The summed E-state index contributed by atoms with van der Waals surface area (Å²) < 4.78 is 0. The number of amides is 1. The van der Waals surface area contributed by atoms with E-state index in [2.05, 4.69) is 11.8 Å². The highest BCUT2D eigenvalue weighted by atomic mass is 16.2. The topological polar surface area (TPSA) is 49.6 Å². The lowest BCUT2D eigenvalue weighted by Gasteiger charge is -2.32. The van der Waals surface area contributed by atoms with Gasteiger partial charge in [0.25, 0.3) is 0 Å². The Balaban J connectivity index is 2.54. The normalized spacial score (nSPS) is 21.8. The zero-order valence-electron chi connectivity index (χ0n) is 11.7. The van der Waals surface area contributed by atoms with Crippen LogP contribution in [-0.2, 0) is 4.79 Å². The van der Waals surface area contributed by atoms with E-state index in [1.807, 2.05) is 25.8 Å². The highest BCUT2D eigenvalue weighted by Gasteiger charge is 2.32. The van der Waals surface area contributed by atoms with E-state index >= 15 is 0 Å². The molecule has 0 spiro atoms. The standard InChI is InChI=1S/C13H27N3O/c1-5-16-8-6-7-11(16)9-15(4)12(17)13(2,3)10-14/h11H,5-10,14H2,1-4H3. The summed E-state index contributed by atoms with van der Waals surface area (Å²) in [6.07, 6.45) is 2.45. The van der Waals surface area contributed by atoms with Crippen molar-refractivity contribution in [3.63, 3.8) is 0 Å². The van der Waals surface area contributed by atoms with Gasteiger partial charge in [-0.05, 0) is 39.8 Å². The van der Waals surface area contributed by atoms with Gasteiger partial charge in [0.2, 0.25) is 5.91 Å². The Kier molecular flexibility index (Phi) is 4.95. The van der Waals surface area contributed by atoms with Crippen molar-refractivity contribution in [1.82, 2.24) is 9.80 Å². The van der Waals surface area contributed by atoms with E-state index in [9.17, 15) is 4.79 Å². The number of carbonyl (C=O) groups excluding carboxylic acids is 1. The summed E-state index contributed by atoms with van der Waals surface area (Å²) in [5.74, 6) is 0.156. The van der Waals surface area contributed by atoms with Crippen LogP contribution in [0.2, 0.25) is 0 Å². The van der Waals surface area contributed by atoms with Crippen LogP contribution in [0.25, 0.3) is 0 Å². The Hall–Kier alpha value is -0.610. The van der Waals surface area contributed by atoms with E-state index in [0.717, 1.165) is 13.1 Å². The Bertz CT molecular complexity index is 265. The molecular formula is C13H27N3O. The van der Waals surface area contributed by atoms with Crippen LogP contribution in [0.3, 0.4) is 0 Å². The first-order valence-corrected chi connectivity index (χ1v) is 6.62. The molecule has 0 aromatic carbocycles. The van der Waals surface area contributed by atoms with Gasteiger partial charge in [0.1, 0.15) is 0 Å². The number of hydrogen-bond acceptors (Lipinski definition) is 3. The summed E-state index contributed by atoms with van der Waals surface area (Å²) in [5.41, 5.74) is 5.21. The average Bonchev–Trinajstić information content (AvgIpc) is 2.75. The Morgan fingerprint density at radius 2 is 2.18 bits per heavy atom. The Labute approximate surface area is 105 Å².